The van der Waals surface area contributed by atoms with E-state index in [4.69, 9.17) is 4.74 Å². The van der Waals surface area contributed by atoms with Crippen molar-refractivity contribution in [2.24, 2.45) is 0 Å². The Morgan fingerprint density at radius 3 is 2.35 bits per heavy atom. The van der Waals surface area contributed by atoms with Crippen LogP contribution in [0.15, 0.2) is 65.6 Å². The van der Waals surface area contributed by atoms with Crippen molar-refractivity contribution in [1.29, 1.82) is 0 Å². The van der Waals surface area contributed by atoms with E-state index in [1.165, 1.54) is 0 Å². The Bertz CT molecular complexity index is 948. The third kappa shape index (κ3) is 3.14. The quantitative estimate of drug-likeness (QED) is 0.789. The molecule has 0 unspecified atom stereocenters. The summed E-state index contributed by atoms with van der Waals surface area (Å²) in [7, 11) is -2.06. The monoisotopic (exact) mass is 327 g/mol. The summed E-state index contributed by atoms with van der Waals surface area (Å²) in [6, 6.07) is 17.9. The maximum atomic E-state index is 12.5. The highest BCUT2D eigenvalue weighted by molar-refractivity contribution is 7.92. The van der Waals surface area contributed by atoms with Crippen LogP contribution in [-0.2, 0) is 10.0 Å². The smallest absolute Gasteiger partial charge is 0.261 e. The number of rotatable bonds is 4. The largest absolute Gasteiger partial charge is 0.496 e. The van der Waals surface area contributed by atoms with Crippen molar-refractivity contribution in [3.8, 4) is 5.75 Å². The highest BCUT2D eigenvalue weighted by atomic mass is 32.2. The zero-order chi connectivity index (χ0) is 16.4. The summed E-state index contributed by atoms with van der Waals surface area (Å²) in [6.45, 7) is 1.91. The van der Waals surface area contributed by atoms with Gasteiger partial charge in [0.2, 0.25) is 0 Å². The van der Waals surface area contributed by atoms with E-state index in [1.807, 2.05) is 31.2 Å². The Balaban J connectivity index is 2.02. The molecular formula is C18H17NO3S. The van der Waals surface area contributed by atoms with E-state index < -0.39 is 10.0 Å². The molecule has 0 fully saturated rings. The minimum absolute atomic E-state index is 0.232. The summed E-state index contributed by atoms with van der Waals surface area (Å²) in [5.74, 6) is 0.629. The van der Waals surface area contributed by atoms with Crippen LogP contribution in [0.4, 0.5) is 5.69 Å². The number of hydrogen-bond acceptors (Lipinski definition) is 3. The number of ether oxygens (including phenoxy) is 1. The number of methoxy groups -OCH3 is 1. The van der Waals surface area contributed by atoms with Crippen molar-refractivity contribution in [1.82, 2.24) is 0 Å². The zero-order valence-electron chi connectivity index (χ0n) is 12.9. The molecular weight excluding hydrogens is 310 g/mol. The molecule has 0 aliphatic carbocycles. The highest BCUT2D eigenvalue weighted by Gasteiger charge is 2.15. The molecule has 0 amide bonds. The molecule has 0 radical (unpaired) electrons. The summed E-state index contributed by atoms with van der Waals surface area (Å²) in [4.78, 5) is 0.232. The zero-order valence-corrected chi connectivity index (χ0v) is 13.7. The van der Waals surface area contributed by atoms with Gasteiger partial charge in [-0.1, -0.05) is 42.0 Å². The van der Waals surface area contributed by atoms with Gasteiger partial charge < -0.3 is 4.74 Å². The molecule has 0 bridgehead atoms. The molecule has 0 saturated carbocycles. The van der Waals surface area contributed by atoms with Gasteiger partial charge in [0.1, 0.15) is 5.75 Å². The first-order valence-electron chi connectivity index (χ1n) is 7.16. The van der Waals surface area contributed by atoms with Gasteiger partial charge in [0.15, 0.2) is 0 Å². The molecule has 3 rings (SSSR count). The van der Waals surface area contributed by atoms with Crippen LogP contribution < -0.4 is 9.46 Å². The molecule has 0 heterocycles. The van der Waals surface area contributed by atoms with Gasteiger partial charge in [0.25, 0.3) is 10.0 Å². The van der Waals surface area contributed by atoms with Crippen molar-refractivity contribution in [2.75, 3.05) is 11.8 Å². The molecule has 0 aliphatic heterocycles. The predicted octanol–water partition coefficient (Wildman–Crippen LogP) is 3.96. The lowest BCUT2D eigenvalue weighted by atomic mass is 10.1. The molecule has 3 aromatic carbocycles. The van der Waals surface area contributed by atoms with Crippen molar-refractivity contribution < 1.29 is 13.2 Å². The molecule has 0 aromatic heterocycles. The topological polar surface area (TPSA) is 55.4 Å². The summed E-state index contributed by atoms with van der Waals surface area (Å²) in [5, 5.41) is 1.85. The van der Waals surface area contributed by atoms with Gasteiger partial charge in [0.05, 0.1) is 17.7 Å². The van der Waals surface area contributed by atoms with E-state index in [0.29, 0.717) is 11.4 Å². The van der Waals surface area contributed by atoms with Crippen molar-refractivity contribution in [3.63, 3.8) is 0 Å². The number of benzene rings is 3. The lowest BCUT2D eigenvalue weighted by Crippen LogP contribution is -2.13. The lowest BCUT2D eigenvalue weighted by Gasteiger charge is -2.12. The van der Waals surface area contributed by atoms with Gasteiger partial charge in [-0.2, -0.15) is 0 Å². The lowest BCUT2D eigenvalue weighted by molar-refractivity contribution is 0.420. The number of anilines is 1. The molecule has 0 aliphatic rings. The Labute approximate surface area is 135 Å². The average Bonchev–Trinajstić information content (AvgIpc) is 2.54. The third-order valence-corrected chi connectivity index (χ3v) is 5.02. The number of nitrogens with one attached hydrogen (secondary N) is 1. The minimum Gasteiger partial charge on any atom is -0.496 e. The standard InChI is InChI=1S/C18H17NO3S/c1-13-7-9-16(10-8-13)23(20,21)19-15-11-14-5-3-4-6-17(14)18(12-15)22-2/h3-12,19H,1-2H3. The fourth-order valence-corrected chi connectivity index (χ4v) is 3.48. The maximum absolute atomic E-state index is 12.5. The predicted molar refractivity (Wildman–Crippen MR) is 92.5 cm³/mol. The summed E-state index contributed by atoms with van der Waals surface area (Å²) in [5.41, 5.74) is 1.48. The number of aryl methyl sites for hydroxylation is 1. The third-order valence-electron chi connectivity index (χ3n) is 3.63. The van der Waals surface area contributed by atoms with Gasteiger partial charge in [-0.05, 0) is 30.5 Å². The first-order chi connectivity index (χ1) is 11.0. The Hall–Kier alpha value is -2.53. The average molecular weight is 327 g/mol. The number of fused-ring (bicyclic) bond motifs is 1. The summed E-state index contributed by atoms with van der Waals surface area (Å²) in [6.07, 6.45) is 0. The van der Waals surface area contributed by atoms with E-state index in [9.17, 15) is 8.42 Å². The molecule has 1 N–H and O–H groups in total. The Morgan fingerprint density at radius 1 is 0.957 bits per heavy atom. The molecule has 3 aromatic rings. The van der Waals surface area contributed by atoms with Crippen LogP contribution in [0.3, 0.4) is 0 Å². The first-order valence-corrected chi connectivity index (χ1v) is 8.64. The van der Waals surface area contributed by atoms with E-state index in [0.717, 1.165) is 16.3 Å². The van der Waals surface area contributed by atoms with Gasteiger partial charge in [-0.3, -0.25) is 4.72 Å². The number of sulfonamides is 1. The molecule has 23 heavy (non-hydrogen) atoms. The van der Waals surface area contributed by atoms with Gasteiger partial charge >= 0.3 is 0 Å². The van der Waals surface area contributed by atoms with Crippen molar-refractivity contribution in [3.05, 3.63) is 66.2 Å². The van der Waals surface area contributed by atoms with Crippen LogP contribution in [0, 0.1) is 6.92 Å². The molecule has 0 spiro atoms. The summed E-state index contributed by atoms with van der Waals surface area (Å²) < 4.78 is 33.0. The summed E-state index contributed by atoms with van der Waals surface area (Å²) >= 11 is 0. The highest BCUT2D eigenvalue weighted by Crippen LogP contribution is 2.30. The van der Waals surface area contributed by atoms with Gasteiger partial charge in [-0.25, -0.2) is 8.42 Å². The Kier molecular flexibility index (Phi) is 3.96. The molecule has 4 nitrogen and oxygen atoms in total. The van der Waals surface area contributed by atoms with E-state index in [2.05, 4.69) is 4.72 Å². The second kappa shape index (κ2) is 5.93. The fourth-order valence-electron chi connectivity index (χ4n) is 2.43. The normalized spacial score (nSPS) is 11.4. The molecule has 0 saturated heterocycles. The first kappa shape index (κ1) is 15.4. The van der Waals surface area contributed by atoms with Gasteiger partial charge in [-0.15, -0.1) is 0 Å². The second-order valence-corrected chi connectivity index (χ2v) is 7.00. The van der Waals surface area contributed by atoms with Crippen LogP contribution in [0.25, 0.3) is 10.8 Å². The second-order valence-electron chi connectivity index (χ2n) is 5.32. The maximum Gasteiger partial charge on any atom is 0.261 e. The minimum atomic E-state index is -3.63. The van der Waals surface area contributed by atoms with E-state index in [1.54, 1.807) is 43.5 Å². The molecule has 0 atom stereocenters. The van der Waals surface area contributed by atoms with E-state index in [-0.39, 0.29) is 4.90 Å². The van der Waals surface area contributed by atoms with Crippen LogP contribution in [0.5, 0.6) is 5.75 Å². The molecule has 5 heteroatoms. The van der Waals surface area contributed by atoms with E-state index >= 15 is 0 Å². The van der Waals surface area contributed by atoms with Gasteiger partial charge in [0, 0.05) is 11.5 Å². The van der Waals surface area contributed by atoms with Crippen molar-refractivity contribution >= 4 is 26.5 Å². The molecule has 118 valence electrons. The fraction of sp³-hybridized carbons (Fsp3) is 0.111. The van der Waals surface area contributed by atoms with Crippen LogP contribution in [0.1, 0.15) is 5.56 Å². The van der Waals surface area contributed by atoms with Crippen LogP contribution in [-0.4, -0.2) is 15.5 Å². The van der Waals surface area contributed by atoms with Crippen LogP contribution in [0.2, 0.25) is 0 Å². The SMILES string of the molecule is COc1cc(NS(=O)(=O)c2ccc(C)cc2)cc2ccccc12. The Morgan fingerprint density at radius 2 is 1.65 bits per heavy atom. The number of hydrogen-bond donors (Lipinski definition) is 1. The van der Waals surface area contributed by atoms with Crippen molar-refractivity contribution in [2.45, 2.75) is 11.8 Å². The van der Waals surface area contributed by atoms with Crippen LogP contribution >= 0.6 is 0 Å².